The van der Waals surface area contributed by atoms with Crippen LogP contribution in [0.2, 0.25) is 0 Å². The molecule has 0 aliphatic heterocycles. The summed E-state index contributed by atoms with van der Waals surface area (Å²) in [4.78, 5) is 4.13. The van der Waals surface area contributed by atoms with Gasteiger partial charge in [-0.15, -0.1) is 0 Å². The summed E-state index contributed by atoms with van der Waals surface area (Å²) in [6.07, 6.45) is 0. The lowest BCUT2D eigenvalue weighted by molar-refractivity contribution is 0.477. The maximum Gasteiger partial charge on any atom is 0.288 e. The van der Waals surface area contributed by atoms with Gasteiger partial charge in [-0.25, -0.2) is 13.6 Å². The number of benzene rings is 2. The van der Waals surface area contributed by atoms with E-state index >= 15 is 0 Å². The number of rotatable bonds is 3. The zero-order chi connectivity index (χ0) is 14.1. The van der Waals surface area contributed by atoms with Gasteiger partial charge in [0, 0.05) is 17.3 Å². The van der Waals surface area contributed by atoms with Crippen LogP contribution in [0.4, 0.5) is 10.1 Å². The number of halogens is 1. The lowest BCUT2D eigenvalue weighted by atomic mass is 10.2. The Morgan fingerprint density at radius 2 is 2.05 bits per heavy atom. The molecule has 0 spiro atoms. The molecule has 0 bridgehead atoms. The number of anilines is 1. The highest BCUT2D eigenvalue weighted by molar-refractivity contribution is 7.84. The topological polar surface area (TPSA) is 69.1 Å². The molecule has 1 heterocycles. The van der Waals surface area contributed by atoms with Crippen LogP contribution >= 0.6 is 0 Å². The maximum atomic E-state index is 13.5. The molecule has 0 radical (unpaired) electrons. The zero-order valence-corrected chi connectivity index (χ0v) is 11.2. The first-order valence-corrected chi connectivity index (χ1v) is 7.23. The summed E-state index contributed by atoms with van der Waals surface area (Å²) in [5.74, 6) is -0.365. The van der Waals surface area contributed by atoms with Gasteiger partial charge in [0.1, 0.15) is 22.1 Å². The molecule has 0 amide bonds. The highest BCUT2D eigenvalue weighted by atomic mass is 32.2. The number of nitrogens with two attached hydrogens (primary N) is 1. The minimum Gasteiger partial charge on any atom is -0.430 e. The van der Waals surface area contributed by atoms with Gasteiger partial charge in [0.2, 0.25) is 0 Å². The zero-order valence-electron chi connectivity index (χ0n) is 10.4. The van der Waals surface area contributed by atoms with Gasteiger partial charge < -0.3 is 10.2 Å². The molecule has 0 aliphatic rings. The van der Waals surface area contributed by atoms with Crippen molar-refractivity contribution in [1.29, 1.82) is 0 Å². The smallest absolute Gasteiger partial charge is 0.288 e. The van der Waals surface area contributed by atoms with Crippen LogP contribution in [0.15, 0.2) is 52.1 Å². The monoisotopic (exact) mass is 290 g/mol. The van der Waals surface area contributed by atoms with Crippen LogP contribution in [-0.4, -0.2) is 9.19 Å². The normalized spacial score (nSPS) is 12.7. The first-order valence-electron chi connectivity index (χ1n) is 5.91. The van der Waals surface area contributed by atoms with Crippen LogP contribution in [0.5, 0.6) is 0 Å². The first-order chi connectivity index (χ1) is 9.63. The van der Waals surface area contributed by atoms with E-state index in [0.29, 0.717) is 22.4 Å². The molecule has 1 unspecified atom stereocenters. The summed E-state index contributed by atoms with van der Waals surface area (Å²) in [6, 6.07) is 11.2. The second-order valence-corrected chi connectivity index (χ2v) is 5.62. The predicted molar refractivity (Wildman–Crippen MR) is 74.9 cm³/mol. The van der Waals surface area contributed by atoms with Gasteiger partial charge in [-0.05, 0) is 18.2 Å². The Bertz CT molecular complexity index is 801. The molecule has 3 aromatic rings. The van der Waals surface area contributed by atoms with Crippen molar-refractivity contribution in [1.82, 2.24) is 4.98 Å². The molecule has 0 saturated carbocycles. The molecule has 0 aliphatic carbocycles. The van der Waals surface area contributed by atoms with Crippen molar-refractivity contribution in [3.63, 3.8) is 0 Å². The summed E-state index contributed by atoms with van der Waals surface area (Å²) in [5.41, 5.74) is 7.60. The van der Waals surface area contributed by atoms with Gasteiger partial charge in [-0.3, -0.25) is 0 Å². The van der Waals surface area contributed by atoms with E-state index in [2.05, 4.69) is 4.98 Å². The van der Waals surface area contributed by atoms with Crippen molar-refractivity contribution in [2.24, 2.45) is 0 Å². The van der Waals surface area contributed by atoms with E-state index in [1.807, 2.05) is 0 Å². The molecule has 0 saturated heterocycles. The van der Waals surface area contributed by atoms with Gasteiger partial charge in [0.05, 0.1) is 5.75 Å². The fourth-order valence-electron chi connectivity index (χ4n) is 1.84. The number of nitrogens with zero attached hydrogens (tertiary/aromatic N) is 1. The Morgan fingerprint density at radius 3 is 2.85 bits per heavy atom. The molecule has 1 atom stereocenters. The third-order valence-corrected chi connectivity index (χ3v) is 3.97. The Hall–Kier alpha value is -2.21. The molecule has 2 aromatic carbocycles. The quantitative estimate of drug-likeness (QED) is 0.753. The standard InChI is InChI=1S/C14H11FN2O2S/c15-11-4-2-1-3-9(11)8-20(18)14-17-12-6-5-10(16)7-13(12)19-14/h1-7H,8,16H2. The number of fused-ring (bicyclic) bond motifs is 1. The molecule has 102 valence electrons. The van der Waals surface area contributed by atoms with Crippen molar-refractivity contribution >= 4 is 27.6 Å². The highest BCUT2D eigenvalue weighted by Gasteiger charge is 2.15. The highest BCUT2D eigenvalue weighted by Crippen LogP contribution is 2.22. The molecule has 2 N–H and O–H groups in total. The molecule has 20 heavy (non-hydrogen) atoms. The lowest BCUT2D eigenvalue weighted by Gasteiger charge is -2.00. The Labute approximate surface area is 116 Å². The van der Waals surface area contributed by atoms with Crippen molar-refractivity contribution in [3.8, 4) is 0 Å². The van der Waals surface area contributed by atoms with Crippen LogP contribution in [0.25, 0.3) is 11.1 Å². The van der Waals surface area contributed by atoms with Crippen molar-refractivity contribution < 1.29 is 13.0 Å². The number of aromatic nitrogens is 1. The fourth-order valence-corrected chi connectivity index (χ4v) is 2.86. The molecule has 6 heteroatoms. The van der Waals surface area contributed by atoms with E-state index in [4.69, 9.17) is 10.2 Å². The van der Waals surface area contributed by atoms with Crippen molar-refractivity contribution in [2.75, 3.05) is 5.73 Å². The second-order valence-electron chi connectivity index (χ2n) is 4.29. The Balaban J connectivity index is 1.91. The molecular weight excluding hydrogens is 279 g/mol. The summed E-state index contributed by atoms with van der Waals surface area (Å²) < 4.78 is 31.1. The largest absolute Gasteiger partial charge is 0.430 e. The third-order valence-electron chi connectivity index (χ3n) is 2.83. The number of oxazole rings is 1. The van der Waals surface area contributed by atoms with Gasteiger partial charge in [0.15, 0.2) is 5.58 Å². The molecule has 3 rings (SSSR count). The van der Waals surface area contributed by atoms with Crippen molar-refractivity contribution in [2.45, 2.75) is 11.0 Å². The average molecular weight is 290 g/mol. The van der Waals surface area contributed by atoms with Crippen LogP contribution in [0.1, 0.15) is 5.56 Å². The predicted octanol–water partition coefficient (Wildman–Crippen LogP) is 2.86. The Morgan fingerprint density at radius 1 is 1.25 bits per heavy atom. The van der Waals surface area contributed by atoms with Crippen LogP contribution < -0.4 is 5.73 Å². The first kappa shape index (κ1) is 12.8. The molecule has 0 fully saturated rings. The van der Waals surface area contributed by atoms with Crippen molar-refractivity contribution in [3.05, 3.63) is 53.8 Å². The summed E-state index contributed by atoms with van der Waals surface area (Å²) in [5, 5.41) is 0.0776. The van der Waals surface area contributed by atoms with E-state index in [-0.39, 0.29) is 16.8 Å². The number of hydrogen-bond donors (Lipinski definition) is 1. The third kappa shape index (κ3) is 2.42. The fraction of sp³-hybridized carbons (Fsp3) is 0.0714. The second kappa shape index (κ2) is 5.05. The number of nitrogen functional groups attached to an aromatic ring is 1. The van der Waals surface area contributed by atoms with E-state index in [9.17, 15) is 8.60 Å². The van der Waals surface area contributed by atoms with E-state index in [1.54, 1.807) is 36.4 Å². The van der Waals surface area contributed by atoms with Gasteiger partial charge in [-0.1, -0.05) is 18.2 Å². The molecular formula is C14H11FN2O2S. The van der Waals surface area contributed by atoms with Gasteiger partial charge >= 0.3 is 0 Å². The molecule has 4 nitrogen and oxygen atoms in total. The lowest BCUT2D eigenvalue weighted by Crippen LogP contribution is -1.99. The van der Waals surface area contributed by atoms with E-state index in [0.717, 1.165) is 0 Å². The average Bonchev–Trinajstić information content (AvgIpc) is 2.84. The van der Waals surface area contributed by atoms with Crippen LogP contribution in [-0.2, 0) is 16.6 Å². The summed E-state index contributed by atoms with van der Waals surface area (Å²) >= 11 is 0. The minimum atomic E-state index is -1.54. The summed E-state index contributed by atoms with van der Waals surface area (Å²) in [6.45, 7) is 0. The van der Waals surface area contributed by atoms with Gasteiger partial charge in [-0.2, -0.15) is 0 Å². The molecule has 1 aromatic heterocycles. The Kier molecular flexibility index (Phi) is 3.23. The number of hydrogen-bond acceptors (Lipinski definition) is 4. The maximum absolute atomic E-state index is 13.5. The van der Waals surface area contributed by atoms with Crippen LogP contribution in [0, 0.1) is 5.82 Å². The van der Waals surface area contributed by atoms with Gasteiger partial charge in [0.25, 0.3) is 5.22 Å². The SMILES string of the molecule is Nc1ccc2nc(S(=O)Cc3ccccc3F)oc2c1. The van der Waals surface area contributed by atoms with Crippen LogP contribution in [0.3, 0.4) is 0 Å². The minimum absolute atomic E-state index is 0.0228. The summed E-state index contributed by atoms with van der Waals surface area (Å²) in [7, 11) is -1.54. The van der Waals surface area contributed by atoms with E-state index < -0.39 is 10.8 Å². The van der Waals surface area contributed by atoms with E-state index in [1.165, 1.54) is 6.07 Å².